The zero-order valence-electron chi connectivity index (χ0n) is 11.3. The highest BCUT2D eigenvalue weighted by atomic mass is 35.5. The van der Waals surface area contributed by atoms with Crippen molar-refractivity contribution in [1.29, 1.82) is 0 Å². The van der Waals surface area contributed by atoms with E-state index in [0.29, 0.717) is 16.1 Å². The first kappa shape index (κ1) is 15.6. The third-order valence-corrected chi connectivity index (χ3v) is 4.26. The number of benzene rings is 1. The zero-order valence-corrected chi connectivity index (χ0v) is 12.8. The van der Waals surface area contributed by atoms with Gasteiger partial charge in [0, 0.05) is 19.0 Å². The van der Waals surface area contributed by atoms with Gasteiger partial charge in [-0.1, -0.05) is 29.3 Å². The maximum atomic E-state index is 10.5. The first-order chi connectivity index (χ1) is 9.56. The molecular weight excluding hydrogens is 297 g/mol. The molecule has 1 aliphatic rings. The van der Waals surface area contributed by atoms with E-state index >= 15 is 0 Å². The Morgan fingerprint density at radius 2 is 2.00 bits per heavy atom. The molecule has 0 spiro atoms. The van der Waals surface area contributed by atoms with Gasteiger partial charge in [0.15, 0.2) is 0 Å². The average Bonchev–Trinajstić information content (AvgIpc) is 3.21. The molecule has 0 aromatic heterocycles. The Labute approximate surface area is 129 Å². The van der Waals surface area contributed by atoms with E-state index in [1.165, 1.54) is 12.8 Å². The van der Waals surface area contributed by atoms with Gasteiger partial charge in [-0.05, 0) is 49.9 Å². The van der Waals surface area contributed by atoms with Crippen LogP contribution in [0.3, 0.4) is 0 Å². The Balaban J connectivity index is 1.85. The number of carboxylic acid groups (broad SMARTS) is 1. The second kappa shape index (κ2) is 7.30. The van der Waals surface area contributed by atoms with Gasteiger partial charge in [-0.15, -0.1) is 0 Å². The van der Waals surface area contributed by atoms with Crippen LogP contribution in [0.4, 0.5) is 0 Å². The summed E-state index contributed by atoms with van der Waals surface area (Å²) in [5.74, 6) is -0.715. The molecule has 1 fully saturated rings. The van der Waals surface area contributed by atoms with E-state index < -0.39 is 5.97 Å². The fraction of sp³-hybridized carbons (Fsp3) is 0.533. The lowest BCUT2D eigenvalue weighted by Gasteiger charge is -2.22. The molecule has 0 bridgehead atoms. The number of carbonyl (C=O) groups is 1. The molecule has 0 amide bonds. The van der Waals surface area contributed by atoms with Crippen molar-refractivity contribution in [3.05, 3.63) is 33.8 Å². The first-order valence-corrected chi connectivity index (χ1v) is 7.71. The summed E-state index contributed by atoms with van der Waals surface area (Å²) in [5, 5.41) is 9.82. The third kappa shape index (κ3) is 4.97. The molecule has 0 aliphatic heterocycles. The Morgan fingerprint density at radius 1 is 1.25 bits per heavy atom. The number of nitrogens with zero attached hydrogens (tertiary/aromatic N) is 1. The van der Waals surface area contributed by atoms with Crippen molar-refractivity contribution < 1.29 is 9.90 Å². The minimum Gasteiger partial charge on any atom is -0.481 e. The van der Waals surface area contributed by atoms with Crippen molar-refractivity contribution in [2.45, 2.75) is 44.7 Å². The summed E-state index contributed by atoms with van der Waals surface area (Å²) in [5.41, 5.74) is 1.16. The molecule has 0 radical (unpaired) electrons. The molecule has 1 aromatic carbocycles. The van der Waals surface area contributed by atoms with Crippen LogP contribution >= 0.6 is 23.2 Å². The maximum Gasteiger partial charge on any atom is 0.303 e. The number of rotatable bonds is 8. The van der Waals surface area contributed by atoms with E-state index in [4.69, 9.17) is 28.3 Å². The van der Waals surface area contributed by atoms with Crippen molar-refractivity contribution in [3.63, 3.8) is 0 Å². The second-order valence-electron chi connectivity index (χ2n) is 5.30. The van der Waals surface area contributed by atoms with Gasteiger partial charge in [-0.25, -0.2) is 0 Å². The van der Waals surface area contributed by atoms with Crippen molar-refractivity contribution in [3.8, 4) is 0 Å². The quantitative estimate of drug-likeness (QED) is 0.730. The van der Waals surface area contributed by atoms with Crippen LogP contribution in [0.1, 0.15) is 37.7 Å². The molecule has 0 atom stereocenters. The molecule has 2 rings (SSSR count). The number of carboxylic acids is 1. The lowest BCUT2D eigenvalue weighted by Crippen LogP contribution is -2.26. The molecule has 0 saturated heterocycles. The van der Waals surface area contributed by atoms with Gasteiger partial charge in [0.05, 0.1) is 10.0 Å². The van der Waals surface area contributed by atoms with E-state index in [2.05, 4.69) is 4.90 Å². The molecule has 20 heavy (non-hydrogen) atoms. The molecule has 5 heteroatoms. The Kier molecular flexibility index (Phi) is 5.70. The zero-order chi connectivity index (χ0) is 14.5. The van der Waals surface area contributed by atoms with E-state index in [1.54, 1.807) is 0 Å². The van der Waals surface area contributed by atoms with Gasteiger partial charge in [-0.3, -0.25) is 9.69 Å². The minimum atomic E-state index is -0.715. The largest absolute Gasteiger partial charge is 0.481 e. The molecule has 110 valence electrons. The lowest BCUT2D eigenvalue weighted by molar-refractivity contribution is -0.137. The summed E-state index contributed by atoms with van der Waals surface area (Å²) in [6, 6.07) is 6.39. The van der Waals surface area contributed by atoms with E-state index in [1.807, 2.05) is 18.2 Å². The smallest absolute Gasteiger partial charge is 0.303 e. The van der Waals surface area contributed by atoms with Crippen LogP contribution < -0.4 is 0 Å². The number of hydrogen-bond donors (Lipinski definition) is 1. The van der Waals surface area contributed by atoms with E-state index in [0.717, 1.165) is 31.5 Å². The second-order valence-corrected chi connectivity index (χ2v) is 6.12. The molecule has 1 aromatic rings. The predicted octanol–water partition coefficient (Wildman–Crippen LogP) is 4.21. The number of unbranched alkanes of at least 4 members (excludes halogenated alkanes) is 1. The number of aliphatic carboxylic acids is 1. The summed E-state index contributed by atoms with van der Waals surface area (Å²) in [4.78, 5) is 12.9. The standard InChI is InChI=1S/C15H19Cl2NO2/c16-13-7-4-11(9-14(13)17)10-18(12-5-6-12)8-2-1-3-15(19)20/h4,7,9,12H,1-3,5-6,8,10H2,(H,19,20). The summed E-state index contributed by atoms with van der Waals surface area (Å²) < 4.78 is 0. The molecular formula is C15H19Cl2NO2. The Morgan fingerprint density at radius 3 is 2.60 bits per heavy atom. The van der Waals surface area contributed by atoms with Crippen LogP contribution in [0.25, 0.3) is 0 Å². The van der Waals surface area contributed by atoms with Crippen LogP contribution in [-0.4, -0.2) is 28.6 Å². The molecule has 3 nitrogen and oxygen atoms in total. The molecule has 1 aliphatic carbocycles. The molecule has 0 unspecified atom stereocenters. The third-order valence-electron chi connectivity index (χ3n) is 3.52. The molecule has 1 N–H and O–H groups in total. The Hall–Kier alpha value is -0.770. The Bertz CT molecular complexity index is 475. The van der Waals surface area contributed by atoms with Crippen LogP contribution in [-0.2, 0) is 11.3 Å². The monoisotopic (exact) mass is 315 g/mol. The van der Waals surface area contributed by atoms with Crippen LogP contribution in [0.5, 0.6) is 0 Å². The maximum absolute atomic E-state index is 10.5. The van der Waals surface area contributed by atoms with Gasteiger partial charge in [-0.2, -0.15) is 0 Å². The number of halogens is 2. The molecule has 0 heterocycles. The number of hydrogen-bond acceptors (Lipinski definition) is 2. The fourth-order valence-corrected chi connectivity index (χ4v) is 2.61. The summed E-state index contributed by atoms with van der Waals surface area (Å²) in [6.07, 6.45) is 4.38. The molecule has 1 saturated carbocycles. The van der Waals surface area contributed by atoms with Gasteiger partial charge in [0.25, 0.3) is 0 Å². The summed E-state index contributed by atoms with van der Waals surface area (Å²) >= 11 is 12.0. The first-order valence-electron chi connectivity index (χ1n) is 6.96. The minimum absolute atomic E-state index is 0.255. The summed E-state index contributed by atoms with van der Waals surface area (Å²) in [7, 11) is 0. The topological polar surface area (TPSA) is 40.5 Å². The van der Waals surface area contributed by atoms with Gasteiger partial charge < -0.3 is 5.11 Å². The predicted molar refractivity (Wildman–Crippen MR) is 81.4 cm³/mol. The van der Waals surface area contributed by atoms with Crippen molar-refractivity contribution in [2.24, 2.45) is 0 Å². The highest BCUT2D eigenvalue weighted by Crippen LogP contribution is 2.30. The van der Waals surface area contributed by atoms with E-state index in [9.17, 15) is 4.79 Å². The SMILES string of the molecule is O=C(O)CCCCN(Cc1ccc(Cl)c(Cl)c1)C1CC1. The van der Waals surface area contributed by atoms with Gasteiger partial charge >= 0.3 is 5.97 Å². The van der Waals surface area contributed by atoms with Gasteiger partial charge in [0.2, 0.25) is 0 Å². The van der Waals surface area contributed by atoms with Crippen LogP contribution in [0.15, 0.2) is 18.2 Å². The van der Waals surface area contributed by atoms with Crippen LogP contribution in [0.2, 0.25) is 10.0 Å². The van der Waals surface area contributed by atoms with Gasteiger partial charge in [0.1, 0.15) is 0 Å². The van der Waals surface area contributed by atoms with Crippen molar-refractivity contribution in [1.82, 2.24) is 4.90 Å². The lowest BCUT2D eigenvalue weighted by atomic mass is 10.2. The average molecular weight is 316 g/mol. The van der Waals surface area contributed by atoms with Crippen molar-refractivity contribution >= 4 is 29.2 Å². The highest BCUT2D eigenvalue weighted by molar-refractivity contribution is 6.42. The fourth-order valence-electron chi connectivity index (χ4n) is 2.29. The highest BCUT2D eigenvalue weighted by Gasteiger charge is 2.28. The van der Waals surface area contributed by atoms with E-state index in [-0.39, 0.29) is 6.42 Å². The summed E-state index contributed by atoms with van der Waals surface area (Å²) in [6.45, 7) is 1.80. The normalized spacial score (nSPS) is 14.8. The van der Waals surface area contributed by atoms with Crippen molar-refractivity contribution in [2.75, 3.05) is 6.54 Å². The van der Waals surface area contributed by atoms with Crippen LogP contribution in [0, 0.1) is 0 Å².